The SMILES string of the molecule is CCC(C)CCCCCCCCCCC(=O)OC[C@H](COP(=O)(O)OC[C@H](O)COP(=O)(O)OC[C@@H](COC(=O)CCCCCCCCCCCCCCCCCCCCC(C)C)OC(=O)CCCCCCCCCCCCCCCCCCCCC(C)C)OC(=O)CCCCCCCCCCC(C)CC. The maximum Gasteiger partial charge on any atom is 0.472 e. The minimum atomic E-state index is -4.97. The molecular weight excluding hydrogens is 1380 g/mol. The van der Waals surface area contributed by atoms with E-state index in [1.807, 2.05) is 0 Å². The predicted molar refractivity (Wildman–Crippen MR) is 437 cm³/mol. The van der Waals surface area contributed by atoms with Crippen LogP contribution in [0.1, 0.15) is 453 Å². The first-order valence-corrected chi connectivity index (χ1v) is 47.8. The zero-order valence-corrected chi connectivity index (χ0v) is 71.9. The minimum Gasteiger partial charge on any atom is -0.462 e. The van der Waals surface area contributed by atoms with Gasteiger partial charge in [-0.05, 0) is 49.4 Å². The van der Waals surface area contributed by atoms with Crippen LogP contribution < -0.4 is 0 Å². The molecule has 7 atom stereocenters. The Balaban J connectivity index is 5.23. The summed E-state index contributed by atoms with van der Waals surface area (Å²) in [7, 11) is -9.93. The lowest BCUT2D eigenvalue weighted by Gasteiger charge is -2.21. The Morgan fingerprint density at radius 1 is 0.264 bits per heavy atom. The van der Waals surface area contributed by atoms with Gasteiger partial charge < -0.3 is 33.8 Å². The molecule has 0 heterocycles. The van der Waals surface area contributed by atoms with Gasteiger partial charge in [-0.25, -0.2) is 9.13 Å². The lowest BCUT2D eigenvalue weighted by atomic mass is 9.99. The van der Waals surface area contributed by atoms with Crippen LogP contribution in [0, 0.1) is 23.7 Å². The first-order valence-electron chi connectivity index (χ1n) is 44.8. The normalized spacial score (nSPS) is 14.4. The number of hydrogen-bond acceptors (Lipinski definition) is 15. The Labute approximate surface area is 651 Å². The summed E-state index contributed by atoms with van der Waals surface area (Å²) >= 11 is 0. The molecule has 0 aliphatic rings. The molecule has 0 spiro atoms. The summed E-state index contributed by atoms with van der Waals surface area (Å²) in [5, 5.41) is 10.7. The Kier molecular flexibility index (Phi) is 74.3. The number of phosphoric ester groups is 2. The summed E-state index contributed by atoms with van der Waals surface area (Å²) in [5.74, 6) is 1.08. The minimum absolute atomic E-state index is 0.105. The van der Waals surface area contributed by atoms with Crippen molar-refractivity contribution in [3.05, 3.63) is 0 Å². The molecule has 0 aromatic heterocycles. The average Bonchev–Trinajstić information content (AvgIpc) is 0.901. The van der Waals surface area contributed by atoms with Crippen molar-refractivity contribution >= 4 is 39.5 Å². The molecular formula is C87H170O17P2. The van der Waals surface area contributed by atoms with Gasteiger partial charge in [0.25, 0.3) is 0 Å². The number of phosphoric acid groups is 2. The number of aliphatic hydroxyl groups excluding tert-OH is 1. The van der Waals surface area contributed by atoms with Gasteiger partial charge in [-0.1, -0.05) is 402 Å². The molecule has 0 aromatic rings. The summed E-state index contributed by atoms with van der Waals surface area (Å²) in [6.45, 7) is 14.4. The number of carbonyl (C=O) groups is 4. The molecule has 0 aliphatic carbocycles. The maximum atomic E-state index is 13.2. The van der Waals surface area contributed by atoms with E-state index in [1.54, 1.807) is 0 Å². The molecule has 4 unspecified atom stereocenters. The van der Waals surface area contributed by atoms with Crippen molar-refractivity contribution in [3.63, 3.8) is 0 Å². The Morgan fingerprint density at radius 2 is 0.453 bits per heavy atom. The molecule has 0 amide bonds. The molecule has 630 valence electrons. The third kappa shape index (κ3) is 77.4. The van der Waals surface area contributed by atoms with Crippen LogP contribution in [0.3, 0.4) is 0 Å². The van der Waals surface area contributed by atoms with Gasteiger partial charge in [0.05, 0.1) is 26.4 Å². The van der Waals surface area contributed by atoms with Crippen molar-refractivity contribution in [2.24, 2.45) is 23.7 Å². The van der Waals surface area contributed by atoms with Crippen LogP contribution in [0.25, 0.3) is 0 Å². The zero-order chi connectivity index (χ0) is 78.1. The molecule has 0 bridgehead atoms. The molecule has 0 saturated carbocycles. The molecule has 0 radical (unpaired) electrons. The smallest absolute Gasteiger partial charge is 0.462 e. The third-order valence-electron chi connectivity index (χ3n) is 21.0. The number of unbranched alkanes of at least 4 members (excludes halogenated alkanes) is 48. The number of ether oxygens (including phenoxy) is 4. The van der Waals surface area contributed by atoms with Crippen LogP contribution in [0.5, 0.6) is 0 Å². The van der Waals surface area contributed by atoms with Crippen molar-refractivity contribution in [1.29, 1.82) is 0 Å². The highest BCUT2D eigenvalue weighted by atomic mass is 31.2. The molecule has 106 heavy (non-hydrogen) atoms. The molecule has 0 aromatic carbocycles. The second-order valence-corrected chi connectivity index (χ2v) is 35.6. The number of hydrogen-bond donors (Lipinski definition) is 3. The van der Waals surface area contributed by atoms with E-state index < -0.39 is 97.5 Å². The Morgan fingerprint density at radius 3 is 0.670 bits per heavy atom. The fraction of sp³-hybridized carbons (Fsp3) is 0.954. The molecule has 0 saturated heterocycles. The quantitative estimate of drug-likeness (QED) is 0.0222. The topological polar surface area (TPSA) is 237 Å². The predicted octanol–water partition coefficient (Wildman–Crippen LogP) is 26.3. The lowest BCUT2D eigenvalue weighted by molar-refractivity contribution is -0.161. The molecule has 0 fully saturated rings. The lowest BCUT2D eigenvalue weighted by Crippen LogP contribution is -2.30. The summed E-state index contributed by atoms with van der Waals surface area (Å²) < 4.78 is 68.9. The fourth-order valence-electron chi connectivity index (χ4n) is 13.4. The molecule has 19 heteroatoms. The van der Waals surface area contributed by atoms with Crippen molar-refractivity contribution in [3.8, 4) is 0 Å². The summed E-state index contributed by atoms with van der Waals surface area (Å²) in [5.41, 5.74) is 0. The second kappa shape index (κ2) is 75.7. The number of aliphatic hydroxyl groups is 1. The van der Waals surface area contributed by atoms with Gasteiger partial charge in [-0.3, -0.25) is 37.3 Å². The molecule has 0 aliphatic heterocycles. The van der Waals surface area contributed by atoms with Gasteiger partial charge in [0.1, 0.15) is 19.3 Å². The molecule has 0 rings (SSSR count). The van der Waals surface area contributed by atoms with Crippen LogP contribution in [0.2, 0.25) is 0 Å². The highest BCUT2D eigenvalue weighted by molar-refractivity contribution is 7.47. The van der Waals surface area contributed by atoms with Gasteiger partial charge in [-0.15, -0.1) is 0 Å². The van der Waals surface area contributed by atoms with E-state index in [9.17, 15) is 43.2 Å². The van der Waals surface area contributed by atoms with E-state index in [-0.39, 0.29) is 25.7 Å². The summed E-state index contributed by atoms with van der Waals surface area (Å²) in [6, 6.07) is 0. The van der Waals surface area contributed by atoms with Gasteiger partial charge in [0.2, 0.25) is 0 Å². The largest absolute Gasteiger partial charge is 0.472 e. The van der Waals surface area contributed by atoms with Crippen LogP contribution in [-0.2, 0) is 65.4 Å². The second-order valence-electron chi connectivity index (χ2n) is 32.7. The van der Waals surface area contributed by atoms with Crippen LogP contribution in [0.4, 0.5) is 0 Å². The average molecular weight is 1550 g/mol. The van der Waals surface area contributed by atoms with Crippen LogP contribution >= 0.6 is 15.6 Å². The van der Waals surface area contributed by atoms with E-state index in [1.165, 1.54) is 257 Å². The van der Waals surface area contributed by atoms with E-state index in [0.717, 1.165) is 114 Å². The fourth-order valence-corrected chi connectivity index (χ4v) is 15.0. The van der Waals surface area contributed by atoms with Gasteiger partial charge in [0, 0.05) is 25.7 Å². The standard InChI is InChI=1S/C87H170O17P2/c1-9-79(7)65-57-49-41-35-37-44-52-60-68-85(90)98-74-83(104-87(92)70-62-54-46-38-36-42-50-58-66-80(8)10-2)76-102-106(95,96)100-72-81(88)71-99-105(93,94)101-75-82(103-86(91)69-61-53-45-34-30-26-22-18-14-12-16-20-24-28-32-40-48-56-64-78(5)6)73-97-84(89)67-59-51-43-33-29-25-21-17-13-11-15-19-23-27-31-39-47-55-63-77(3)4/h77-83,88H,9-76H2,1-8H3,(H,93,94)(H,95,96)/t79?,80?,81-,82-,83-/m1/s1. The first kappa shape index (κ1) is 104. The van der Waals surface area contributed by atoms with Crippen LogP contribution in [0.15, 0.2) is 0 Å². The monoisotopic (exact) mass is 1550 g/mol. The van der Waals surface area contributed by atoms with E-state index in [2.05, 4.69) is 55.4 Å². The number of carbonyl (C=O) groups excluding carboxylic acids is 4. The first-order chi connectivity index (χ1) is 51.2. The van der Waals surface area contributed by atoms with E-state index in [0.29, 0.717) is 25.7 Å². The van der Waals surface area contributed by atoms with Crippen molar-refractivity contribution < 1.29 is 80.2 Å². The van der Waals surface area contributed by atoms with E-state index in [4.69, 9.17) is 37.0 Å². The van der Waals surface area contributed by atoms with Gasteiger partial charge in [-0.2, -0.15) is 0 Å². The zero-order valence-electron chi connectivity index (χ0n) is 70.1. The summed E-state index contributed by atoms with van der Waals surface area (Å²) in [6.07, 6.45) is 65.3. The molecule has 3 N–H and O–H groups in total. The Hall–Kier alpha value is -1.94. The summed E-state index contributed by atoms with van der Waals surface area (Å²) in [4.78, 5) is 73.2. The molecule has 17 nitrogen and oxygen atoms in total. The highest BCUT2D eigenvalue weighted by Crippen LogP contribution is 2.45. The van der Waals surface area contributed by atoms with Gasteiger partial charge in [0.15, 0.2) is 12.2 Å². The Bertz CT molecular complexity index is 2060. The van der Waals surface area contributed by atoms with Crippen molar-refractivity contribution in [1.82, 2.24) is 0 Å². The number of rotatable bonds is 84. The maximum absolute atomic E-state index is 13.2. The third-order valence-corrected chi connectivity index (χ3v) is 22.9. The number of esters is 4. The van der Waals surface area contributed by atoms with Crippen molar-refractivity contribution in [2.45, 2.75) is 472 Å². The highest BCUT2D eigenvalue weighted by Gasteiger charge is 2.31. The van der Waals surface area contributed by atoms with Crippen molar-refractivity contribution in [2.75, 3.05) is 39.6 Å². The van der Waals surface area contributed by atoms with Gasteiger partial charge >= 0.3 is 39.5 Å². The van der Waals surface area contributed by atoms with Crippen LogP contribution in [-0.4, -0.2) is 96.7 Å². The van der Waals surface area contributed by atoms with E-state index >= 15 is 0 Å².